The van der Waals surface area contributed by atoms with E-state index in [2.05, 4.69) is 0 Å². The SMILES string of the molecule is CCc1ccc2c(c1)cc(C1CC1)[s+]2C(F)(F)F.[O-][Br+2]([O-])[O-]. The van der Waals surface area contributed by atoms with E-state index < -0.39 is 30.8 Å². The average Bonchev–Trinajstić information content (AvgIpc) is 3.16. The summed E-state index contributed by atoms with van der Waals surface area (Å²) >= 11 is -3.65. The standard InChI is InChI=1S/C14H14F3S.BrO3/c1-2-9-3-6-12-11(7-9)8-13(10-4-5-10)18(12)14(15,16)17;2-1(3)4/h3,6-8,10H,2,4-5H2,1H3;/q+1;-1. The van der Waals surface area contributed by atoms with E-state index >= 15 is 0 Å². The summed E-state index contributed by atoms with van der Waals surface area (Å²) in [5.41, 5.74) is -3.03. The molecule has 2 aromatic rings. The summed E-state index contributed by atoms with van der Waals surface area (Å²) in [6.07, 6.45) is 2.69. The van der Waals surface area contributed by atoms with Crippen LogP contribution in [0.5, 0.6) is 0 Å². The summed E-state index contributed by atoms with van der Waals surface area (Å²) in [6, 6.07) is 7.21. The molecular formula is C14H14BrF3O3S. The molecule has 1 atom stereocenters. The molecule has 0 amide bonds. The van der Waals surface area contributed by atoms with Crippen LogP contribution in [0.2, 0.25) is 0 Å². The van der Waals surface area contributed by atoms with Crippen LogP contribution in [0, 0.1) is 14.8 Å². The molecular weight excluding hydrogens is 385 g/mol. The van der Waals surface area contributed by atoms with Gasteiger partial charge >= 0.3 is 5.51 Å². The zero-order valence-electron chi connectivity index (χ0n) is 11.7. The number of benzene rings is 1. The van der Waals surface area contributed by atoms with Crippen molar-refractivity contribution in [3.63, 3.8) is 0 Å². The quantitative estimate of drug-likeness (QED) is 0.725. The Bertz CT molecular complexity index is 648. The smallest absolute Gasteiger partial charge is 0.405 e. The average molecular weight is 399 g/mol. The van der Waals surface area contributed by atoms with Crippen LogP contribution in [0.15, 0.2) is 24.3 Å². The fourth-order valence-electron chi connectivity index (χ4n) is 2.37. The van der Waals surface area contributed by atoms with E-state index in [-0.39, 0.29) is 5.92 Å². The molecule has 1 heterocycles. The maximum Gasteiger partial charge on any atom is 0.600 e. The molecule has 122 valence electrons. The highest BCUT2D eigenvalue weighted by Gasteiger charge is 2.51. The van der Waals surface area contributed by atoms with Gasteiger partial charge in [-0.05, 0) is 37.0 Å². The first-order valence-corrected chi connectivity index (χ1v) is 9.79. The predicted molar refractivity (Wildman–Crippen MR) is 69.1 cm³/mol. The Kier molecular flexibility index (Phi) is 5.50. The molecule has 1 saturated carbocycles. The van der Waals surface area contributed by atoms with Crippen molar-refractivity contribution in [2.75, 3.05) is 0 Å². The van der Waals surface area contributed by atoms with E-state index in [1.54, 1.807) is 12.1 Å². The summed E-state index contributed by atoms with van der Waals surface area (Å²) in [7, 11) is -1.67. The van der Waals surface area contributed by atoms with Gasteiger partial charge in [-0.15, -0.1) is 13.2 Å². The van der Waals surface area contributed by atoms with Gasteiger partial charge < -0.3 is 12.6 Å². The third kappa shape index (κ3) is 4.20. The molecule has 1 unspecified atom stereocenters. The van der Waals surface area contributed by atoms with E-state index in [0.717, 1.165) is 30.2 Å². The van der Waals surface area contributed by atoms with Crippen LogP contribution in [0.4, 0.5) is 13.2 Å². The summed E-state index contributed by atoms with van der Waals surface area (Å²) in [6.45, 7) is 2.02. The Morgan fingerprint density at radius 3 is 2.23 bits per heavy atom. The third-order valence-corrected chi connectivity index (χ3v) is 5.64. The van der Waals surface area contributed by atoms with E-state index in [9.17, 15) is 13.2 Å². The van der Waals surface area contributed by atoms with E-state index in [0.29, 0.717) is 9.58 Å². The monoisotopic (exact) mass is 398 g/mol. The Balaban J connectivity index is 0.000000396. The lowest BCUT2D eigenvalue weighted by Gasteiger charge is -1.99. The van der Waals surface area contributed by atoms with E-state index in [4.69, 9.17) is 12.6 Å². The lowest BCUT2D eigenvalue weighted by atomic mass is 10.1. The number of hydrogen-bond acceptors (Lipinski definition) is 3. The van der Waals surface area contributed by atoms with Crippen LogP contribution in [-0.4, -0.2) is 0 Å². The lowest BCUT2D eigenvalue weighted by Crippen LogP contribution is -2.42. The van der Waals surface area contributed by atoms with Crippen LogP contribution < -0.4 is 12.6 Å². The molecule has 8 heteroatoms. The molecule has 1 aromatic carbocycles. The molecule has 0 radical (unpaired) electrons. The second-order valence-corrected chi connectivity index (χ2v) is 7.77. The maximum atomic E-state index is 13.2. The van der Waals surface area contributed by atoms with E-state index in [1.807, 2.05) is 19.1 Å². The molecule has 1 aliphatic rings. The predicted octanol–water partition coefficient (Wildman–Crippen LogP) is 1.94. The van der Waals surface area contributed by atoms with Crippen molar-refractivity contribution in [2.24, 2.45) is 0 Å². The first-order valence-electron chi connectivity index (χ1n) is 6.62. The third-order valence-electron chi connectivity index (χ3n) is 3.45. The lowest BCUT2D eigenvalue weighted by molar-refractivity contribution is -1.73. The molecule has 0 spiro atoms. The molecule has 0 aliphatic heterocycles. The van der Waals surface area contributed by atoms with Gasteiger partial charge in [0, 0.05) is 17.4 Å². The van der Waals surface area contributed by atoms with Gasteiger partial charge in [0.05, 0.1) is 10.5 Å². The maximum absolute atomic E-state index is 13.2. The van der Waals surface area contributed by atoms with Crippen molar-refractivity contribution in [3.05, 3.63) is 34.7 Å². The van der Waals surface area contributed by atoms with Gasteiger partial charge in [0.25, 0.3) is 0 Å². The number of hydrogen-bond donors (Lipinski definition) is 0. The van der Waals surface area contributed by atoms with Crippen LogP contribution >= 0.6 is 10.5 Å². The molecule has 22 heavy (non-hydrogen) atoms. The number of halogens is 4. The number of thiophene rings is 1. The van der Waals surface area contributed by atoms with Crippen molar-refractivity contribution < 1.29 is 40.6 Å². The van der Waals surface area contributed by atoms with Gasteiger partial charge in [0.15, 0.2) is 9.58 Å². The number of rotatable bonds is 2. The van der Waals surface area contributed by atoms with Crippen molar-refractivity contribution in [1.82, 2.24) is 0 Å². The first-order chi connectivity index (χ1) is 10.2. The van der Waals surface area contributed by atoms with E-state index in [1.165, 1.54) is 0 Å². The van der Waals surface area contributed by atoms with Crippen molar-refractivity contribution in [1.29, 1.82) is 0 Å². The highest BCUT2D eigenvalue weighted by molar-refractivity contribution is 7.38. The summed E-state index contributed by atoms with van der Waals surface area (Å²) < 4.78 is 65.7. The van der Waals surface area contributed by atoms with Crippen LogP contribution in [0.25, 0.3) is 10.1 Å². The van der Waals surface area contributed by atoms with Gasteiger partial charge in [0.2, 0.25) is 14.8 Å². The van der Waals surface area contributed by atoms with Crippen LogP contribution in [-0.2, 0) is 11.9 Å². The largest absolute Gasteiger partial charge is 0.600 e. The van der Waals surface area contributed by atoms with Crippen molar-refractivity contribution in [2.45, 2.75) is 37.6 Å². The van der Waals surface area contributed by atoms with Gasteiger partial charge in [-0.1, -0.05) is 13.0 Å². The molecule has 1 aromatic heterocycles. The molecule has 1 aliphatic carbocycles. The highest BCUT2D eigenvalue weighted by Crippen LogP contribution is 2.57. The van der Waals surface area contributed by atoms with Crippen molar-refractivity contribution >= 4 is 20.6 Å². The second kappa shape index (κ2) is 6.84. The van der Waals surface area contributed by atoms with Crippen molar-refractivity contribution in [3.8, 4) is 0 Å². The Labute approximate surface area is 133 Å². The summed E-state index contributed by atoms with van der Waals surface area (Å²) in [5.74, 6) is 0.174. The molecule has 0 N–H and O–H groups in total. The van der Waals surface area contributed by atoms with Crippen LogP contribution in [0.3, 0.4) is 0 Å². The van der Waals surface area contributed by atoms with Gasteiger partial charge in [-0.25, -0.2) is 0 Å². The van der Waals surface area contributed by atoms with Gasteiger partial charge in [0.1, 0.15) is 0 Å². The molecule has 0 saturated heterocycles. The zero-order valence-corrected chi connectivity index (χ0v) is 14.1. The first kappa shape index (κ1) is 17.7. The minimum atomic E-state index is -4.13. The topological polar surface area (TPSA) is 69.2 Å². The summed E-state index contributed by atoms with van der Waals surface area (Å²) in [4.78, 5) is 0.616. The Morgan fingerprint density at radius 1 is 1.18 bits per heavy atom. The normalized spacial score (nSPS) is 15.9. The second-order valence-electron chi connectivity index (χ2n) is 4.99. The fraction of sp³-hybridized carbons (Fsp3) is 0.429. The summed E-state index contributed by atoms with van der Waals surface area (Å²) in [5, 5.41) is 0.789. The zero-order chi connectivity index (χ0) is 16.5. The minimum absolute atomic E-state index is 0.174. The van der Waals surface area contributed by atoms with Crippen LogP contribution in [0.1, 0.15) is 36.1 Å². The van der Waals surface area contributed by atoms with Gasteiger partial charge in [-0.3, -0.25) is 0 Å². The number of alkyl halides is 3. The Morgan fingerprint density at radius 2 is 1.77 bits per heavy atom. The number of fused-ring (bicyclic) bond motifs is 1. The molecule has 3 nitrogen and oxygen atoms in total. The van der Waals surface area contributed by atoms with Gasteiger partial charge in [-0.2, -0.15) is 0 Å². The minimum Gasteiger partial charge on any atom is -0.405 e. The molecule has 0 bridgehead atoms. The molecule has 1 fully saturated rings. The molecule has 3 rings (SSSR count). The highest BCUT2D eigenvalue weighted by atomic mass is 80.0. The fourth-order valence-corrected chi connectivity index (χ4v) is 4.51. The Hall–Kier alpha value is -0.670. The number of aryl methyl sites for hydroxylation is 1.